The van der Waals surface area contributed by atoms with E-state index < -0.39 is 0 Å². The van der Waals surface area contributed by atoms with E-state index >= 15 is 0 Å². The highest BCUT2D eigenvalue weighted by molar-refractivity contribution is 5.92. The minimum atomic E-state index is 0.533. The Balaban J connectivity index is 2.20. The number of hydrogen-bond acceptors (Lipinski definition) is 4. The molecule has 1 atom stereocenters. The van der Waals surface area contributed by atoms with Crippen molar-refractivity contribution in [2.24, 2.45) is 5.73 Å². The van der Waals surface area contributed by atoms with E-state index in [1.54, 1.807) is 21.3 Å². The molecule has 0 aliphatic carbocycles. The van der Waals surface area contributed by atoms with Crippen LogP contribution in [-0.2, 0) is 6.42 Å². The molecule has 0 spiro atoms. The Kier molecular flexibility index (Phi) is 7.27. The topological polar surface area (TPSA) is 69.5 Å². The van der Waals surface area contributed by atoms with Gasteiger partial charge in [-0.2, -0.15) is 0 Å². The zero-order chi connectivity index (χ0) is 21.7. The third-order valence-corrected chi connectivity index (χ3v) is 5.95. The van der Waals surface area contributed by atoms with Crippen LogP contribution in [0.4, 0.5) is 0 Å². The molecule has 0 bridgehead atoms. The number of nitrogens with one attached hydrogen (secondary N) is 1. The predicted octanol–water partition coefficient (Wildman–Crippen LogP) is 5.66. The van der Waals surface area contributed by atoms with Gasteiger partial charge in [0.15, 0.2) is 11.5 Å². The van der Waals surface area contributed by atoms with Crippen LogP contribution >= 0.6 is 0 Å². The number of aromatic amines is 1. The first-order valence-corrected chi connectivity index (χ1v) is 10.7. The molecule has 0 aliphatic heterocycles. The summed E-state index contributed by atoms with van der Waals surface area (Å²) in [4.78, 5) is 3.65. The van der Waals surface area contributed by atoms with Crippen molar-refractivity contribution in [1.29, 1.82) is 0 Å². The van der Waals surface area contributed by atoms with Crippen LogP contribution in [0, 0.1) is 0 Å². The second-order valence-corrected chi connectivity index (χ2v) is 7.75. The fourth-order valence-corrected chi connectivity index (χ4v) is 3.99. The number of aryl methyl sites for hydroxylation is 1. The summed E-state index contributed by atoms with van der Waals surface area (Å²) in [7, 11) is 4.91. The summed E-state index contributed by atoms with van der Waals surface area (Å²) in [6, 6.07) is 10.8. The molecule has 1 aromatic heterocycles. The standard InChI is InChI=1S/C25H34N2O3/c1-6-16(2)17-10-11-21-20(13-17)19(9-7-8-12-26)24(27-21)18-14-22(28-3)25(30-5)23(15-18)29-4/h10-11,13-16,27H,6-9,12,26H2,1-5H3. The normalized spacial score (nSPS) is 12.2. The van der Waals surface area contributed by atoms with Gasteiger partial charge < -0.3 is 24.9 Å². The maximum atomic E-state index is 5.76. The molecule has 0 fully saturated rings. The Bertz CT molecular complexity index is 968. The summed E-state index contributed by atoms with van der Waals surface area (Å²) in [5.41, 5.74) is 11.7. The van der Waals surface area contributed by atoms with E-state index in [-0.39, 0.29) is 0 Å². The van der Waals surface area contributed by atoms with Gasteiger partial charge in [-0.25, -0.2) is 0 Å². The van der Waals surface area contributed by atoms with Crippen LogP contribution in [0.1, 0.15) is 50.2 Å². The molecule has 1 unspecified atom stereocenters. The lowest BCUT2D eigenvalue weighted by Crippen LogP contribution is -2.00. The number of rotatable bonds is 10. The maximum absolute atomic E-state index is 5.76. The van der Waals surface area contributed by atoms with E-state index in [4.69, 9.17) is 19.9 Å². The average Bonchev–Trinajstić information content (AvgIpc) is 3.15. The van der Waals surface area contributed by atoms with Gasteiger partial charge >= 0.3 is 0 Å². The van der Waals surface area contributed by atoms with Gasteiger partial charge in [0.2, 0.25) is 5.75 Å². The van der Waals surface area contributed by atoms with E-state index in [1.165, 1.54) is 16.5 Å². The first-order valence-electron chi connectivity index (χ1n) is 10.7. The Hall–Kier alpha value is -2.66. The van der Waals surface area contributed by atoms with Crippen molar-refractivity contribution in [3.63, 3.8) is 0 Å². The van der Waals surface area contributed by atoms with Crippen molar-refractivity contribution in [1.82, 2.24) is 4.98 Å². The van der Waals surface area contributed by atoms with Crippen molar-refractivity contribution in [2.45, 2.75) is 45.4 Å². The van der Waals surface area contributed by atoms with Crippen molar-refractivity contribution >= 4 is 10.9 Å². The number of methoxy groups -OCH3 is 3. The Morgan fingerprint density at radius 3 is 2.23 bits per heavy atom. The zero-order valence-corrected chi connectivity index (χ0v) is 18.8. The monoisotopic (exact) mass is 410 g/mol. The fraction of sp³-hybridized carbons (Fsp3) is 0.440. The molecule has 30 heavy (non-hydrogen) atoms. The molecular formula is C25H34N2O3. The second kappa shape index (κ2) is 9.90. The van der Waals surface area contributed by atoms with E-state index in [0.29, 0.717) is 29.7 Å². The van der Waals surface area contributed by atoms with E-state index in [2.05, 4.69) is 37.0 Å². The van der Waals surface area contributed by atoms with Crippen LogP contribution in [0.5, 0.6) is 17.2 Å². The molecule has 2 aromatic carbocycles. The summed E-state index contributed by atoms with van der Waals surface area (Å²) < 4.78 is 16.7. The van der Waals surface area contributed by atoms with Crippen LogP contribution < -0.4 is 19.9 Å². The lowest BCUT2D eigenvalue weighted by Gasteiger charge is -2.14. The third-order valence-electron chi connectivity index (χ3n) is 5.95. The molecule has 1 heterocycles. The molecular weight excluding hydrogens is 376 g/mol. The van der Waals surface area contributed by atoms with E-state index in [0.717, 1.165) is 42.5 Å². The average molecular weight is 411 g/mol. The summed E-state index contributed by atoms with van der Waals surface area (Å²) in [6.45, 7) is 5.22. The number of hydrogen-bond donors (Lipinski definition) is 2. The predicted molar refractivity (Wildman–Crippen MR) is 124 cm³/mol. The maximum Gasteiger partial charge on any atom is 0.203 e. The molecule has 3 aromatic rings. The van der Waals surface area contributed by atoms with Crippen LogP contribution in [0.25, 0.3) is 22.2 Å². The molecule has 162 valence electrons. The molecule has 3 rings (SSSR count). The highest BCUT2D eigenvalue weighted by Crippen LogP contribution is 2.43. The quantitative estimate of drug-likeness (QED) is 0.423. The van der Waals surface area contributed by atoms with Gasteiger partial charge in [-0.15, -0.1) is 0 Å². The largest absolute Gasteiger partial charge is 0.493 e. The molecule has 0 saturated carbocycles. The highest BCUT2D eigenvalue weighted by Gasteiger charge is 2.19. The lowest BCUT2D eigenvalue weighted by molar-refractivity contribution is 0.324. The first-order chi connectivity index (χ1) is 14.6. The van der Waals surface area contributed by atoms with E-state index in [9.17, 15) is 0 Å². The number of benzene rings is 2. The first kappa shape index (κ1) is 22.0. The molecule has 3 N–H and O–H groups in total. The third kappa shape index (κ3) is 4.26. The zero-order valence-electron chi connectivity index (χ0n) is 18.8. The minimum Gasteiger partial charge on any atom is -0.493 e. The molecule has 0 amide bonds. The summed E-state index contributed by atoms with van der Waals surface area (Å²) >= 11 is 0. The number of aromatic nitrogens is 1. The van der Waals surface area contributed by atoms with Gasteiger partial charge in [-0.1, -0.05) is 19.9 Å². The summed E-state index contributed by atoms with van der Waals surface area (Å²) in [5, 5.41) is 1.29. The Morgan fingerprint density at radius 2 is 1.67 bits per heavy atom. The van der Waals surface area contributed by atoms with Crippen LogP contribution in [0.2, 0.25) is 0 Å². The Morgan fingerprint density at radius 1 is 0.967 bits per heavy atom. The van der Waals surface area contributed by atoms with Crippen LogP contribution in [0.15, 0.2) is 30.3 Å². The van der Waals surface area contributed by atoms with Crippen molar-refractivity contribution in [2.75, 3.05) is 27.9 Å². The summed E-state index contributed by atoms with van der Waals surface area (Å²) in [5.74, 6) is 2.44. The van der Waals surface area contributed by atoms with Gasteiger partial charge in [0, 0.05) is 22.2 Å². The number of ether oxygens (including phenoxy) is 3. The molecule has 5 nitrogen and oxygen atoms in total. The smallest absolute Gasteiger partial charge is 0.203 e. The van der Waals surface area contributed by atoms with Crippen molar-refractivity contribution < 1.29 is 14.2 Å². The van der Waals surface area contributed by atoms with Gasteiger partial charge in [0.05, 0.1) is 21.3 Å². The van der Waals surface area contributed by atoms with Gasteiger partial charge in [-0.3, -0.25) is 0 Å². The fourth-order valence-electron chi connectivity index (χ4n) is 3.99. The molecule has 0 aliphatic rings. The summed E-state index contributed by atoms with van der Waals surface area (Å²) in [6.07, 6.45) is 4.15. The Labute approximate surface area is 179 Å². The lowest BCUT2D eigenvalue weighted by atomic mass is 9.94. The highest BCUT2D eigenvalue weighted by atomic mass is 16.5. The number of H-pyrrole nitrogens is 1. The number of unbranched alkanes of at least 4 members (excludes halogenated alkanes) is 1. The van der Waals surface area contributed by atoms with Crippen molar-refractivity contribution in [3.05, 3.63) is 41.5 Å². The molecule has 5 heteroatoms. The van der Waals surface area contributed by atoms with Gasteiger partial charge in [0.25, 0.3) is 0 Å². The number of nitrogens with two attached hydrogens (primary N) is 1. The van der Waals surface area contributed by atoms with E-state index in [1.807, 2.05) is 12.1 Å². The van der Waals surface area contributed by atoms with Crippen molar-refractivity contribution in [3.8, 4) is 28.5 Å². The van der Waals surface area contributed by atoms with Gasteiger partial charge in [0.1, 0.15) is 0 Å². The minimum absolute atomic E-state index is 0.533. The molecule has 0 radical (unpaired) electrons. The number of fused-ring (bicyclic) bond motifs is 1. The SMILES string of the molecule is CCC(C)c1ccc2[nH]c(-c3cc(OC)c(OC)c(OC)c3)c(CCCCN)c2c1. The molecule has 0 saturated heterocycles. The van der Waals surface area contributed by atoms with Crippen LogP contribution in [-0.4, -0.2) is 32.9 Å². The van der Waals surface area contributed by atoms with Crippen LogP contribution in [0.3, 0.4) is 0 Å². The van der Waals surface area contributed by atoms with Gasteiger partial charge in [-0.05, 0) is 73.5 Å². The second-order valence-electron chi connectivity index (χ2n) is 7.75.